The standard InChI is InChI=1S/C20H24O3/c1-3-11-18(20(21)22-4-2)23-19(16-12-7-5-8-13-16)17-14-9-6-10-15-17/h5-10,12-15,18-19H,3-4,11H2,1-2H3. The highest BCUT2D eigenvalue weighted by Gasteiger charge is 2.25. The molecule has 0 aliphatic carbocycles. The van der Waals surface area contributed by atoms with Crippen LogP contribution >= 0.6 is 0 Å². The Kier molecular flexibility index (Phi) is 6.82. The van der Waals surface area contributed by atoms with Gasteiger partial charge in [0.2, 0.25) is 0 Å². The summed E-state index contributed by atoms with van der Waals surface area (Å²) < 4.78 is 11.4. The number of carbonyl (C=O) groups excluding carboxylic acids is 1. The van der Waals surface area contributed by atoms with E-state index in [4.69, 9.17) is 9.47 Å². The normalized spacial score (nSPS) is 12.1. The van der Waals surface area contributed by atoms with Gasteiger partial charge in [0.05, 0.1) is 6.61 Å². The molecule has 1 atom stereocenters. The van der Waals surface area contributed by atoms with Crippen molar-refractivity contribution in [2.45, 2.75) is 38.9 Å². The molecule has 0 aromatic heterocycles. The van der Waals surface area contributed by atoms with Crippen molar-refractivity contribution in [2.24, 2.45) is 0 Å². The molecule has 23 heavy (non-hydrogen) atoms. The van der Waals surface area contributed by atoms with Crippen molar-refractivity contribution in [3.8, 4) is 0 Å². The lowest BCUT2D eigenvalue weighted by atomic mass is 10.0. The molecule has 0 aliphatic rings. The monoisotopic (exact) mass is 312 g/mol. The van der Waals surface area contributed by atoms with E-state index in [-0.39, 0.29) is 12.1 Å². The number of ether oxygens (including phenoxy) is 2. The second-order valence-electron chi connectivity index (χ2n) is 5.37. The lowest BCUT2D eigenvalue weighted by Gasteiger charge is -2.24. The topological polar surface area (TPSA) is 35.5 Å². The molecule has 0 amide bonds. The summed E-state index contributed by atoms with van der Waals surface area (Å²) in [6.07, 6.45) is 0.679. The Morgan fingerprint density at radius 3 is 1.87 bits per heavy atom. The van der Waals surface area contributed by atoms with Crippen LogP contribution in [0, 0.1) is 0 Å². The van der Waals surface area contributed by atoms with Crippen LogP contribution in [0.15, 0.2) is 60.7 Å². The summed E-state index contributed by atoms with van der Waals surface area (Å²) in [4.78, 5) is 12.2. The van der Waals surface area contributed by atoms with Crippen LogP contribution in [0.25, 0.3) is 0 Å². The average Bonchev–Trinajstić information content (AvgIpc) is 2.60. The summed E-state index contributed by atoms with van der Waals surface area (Å²) in [5.74, 6) is -0.286. The molecule has 1 unspecified atom stereocenters. The van der Waals surface area contributed by atoms with E-state index >= 15 is 0 Å². The van der Waals surface area contributed by atoms with E-state index in [1.165, 1.54) is 0 Å². The van der Waals surface area contributed by atoms with Crippen LogP contribution in [0.1, 0.15) is 43.9 Å². The summed E-state index contributed by atoms with van der Waals surface area (Å²) in [6.45, 7) is 4.21. The quantitative estimate of drug-likeness (QED) is 0.672. The maximum Gasteiger partial charge on any atom is 0.335 e. The van der Waals surface area contributed by atoms with Gasteiger partial charge in [0.1, 0.15) is 6.10 Å². The van der Waals surface area contributed by atoms with Gasteiger partial charge in [0.25, 0.3) is 0 Å². The van der Waals surface area contributed by atoms with Gasteiger partial charge in [-0.1, -0.05) is 74.0 Å². The van der Waals surface area contributed by atoms with Crippen LogP contribution in [-0.4, -0.2) is 18.7 Å². The lowest BCUT2D eigenvalue weighted by molar-refractivity contribution is -0.160. The maximum absolute atomic E-state index is 12.2. The second-order valence-corrected chi connectivity index (χ2v) is 5.37. The summed E-state index contributed by atoms with van der Waals surface area (Å²) >= 11 is 0. The molecule has 0 fully saturated rings. The van der Waals surface area contributed by atoms with Crippen LogP contribution in [-0.2, 0) is 14.3 Å². The molecule has 3 nitrogen and oxygen atoms in total. The number of carbonyl (C=O) groups is 1. The highest BCUT2D eigenvalue weighted by Crippen LogP contribution is 2.28. The summed E-state index contributed by atoms with van der Waals surface area (Å²) in [6, 6.07) is 19.9. The molecule has 0 saturated heterocycles. The molecular formula is C20H24O3. The first kappa shape index (κ1) is 17.2. The lowest BCUT2D eigenvalue weighted by Crippen LogP contribution is -2.28. The molecule has 0 spiro atoms. The molecule has 0 N–H and O–H groups in total. The highest BCUT2D eigenvalue weighted by atomic mass is 16.6. The fraction of sp³-hybridized carbons (Fsp3) is 0.350. The van der Waals surface area contributed by atoms with E-state index < -0.39 is 6.10 Å². The molecule has 0 saturated carbocycles. The molecule has 3 heteroatoms. The van der Waals surface area contributed by atoms with E-state index in [9.17, 15) is 4.79 Å². The van der Waals surface area contributed by atoms with Gasteiger partial charge in [-0.15, -0.1) is 0 Å². The number of hydrogen-bond acceptors (Lipinski definition) is 3. The molecule has 2 aromatic carbocycles. The Hall–Kier alpha value is -2.13. The largest absolute Gasteiger partial charge is 0.464 e. The Labute approximate surface area is 138 Å². The molecule has 0 radical (unpaired) electrons. The zero-order chi connectivity index (χ0) is 16.5. The van der Waals surface area contributed by atoms with Crippen LogP contribution in [0.3, 0.4) is 0 Å². The third-order valence-electron chi connectivity index (χ3n) is 3.61. The minimum Gasteiger partial charge on any atom is -0.464 e. The zero-order valence-corrected chi connectivity index (χ0v) is 13.8. The van der Waals surface area contributed by atoms with Crippen LogP contribution in [0.4, 0.5) is 0 Å². The molecule has 0 aliphatic heterocycles. The van der Waals surface area contributed by atoms with E-state index in [0.717, 1.165) is 17.5 Å². The number of benzene rings is 2. The third kappa shape index (κ3) is 4.93. The van der Waals surface area contributed by atoms with Crippen molar-refractivity contribution < 1.29 is 14.3 Å². The number of rotatable bonds is 8. The average molecular weight is 312 g/mol. The van der Waals surface area contributed by atoms with Gasteiger partial charge in [0, 0.05) is 0 Å². The first-order valence-corrected chi connectivity index (χ1v) is 8.18. The number of hydrogen-bond donors (Lipinski definition) is 0. The molecule has 2 aromatic rings. The Morgan fingerprint density at radius 1 is 0.913 bits per heavy atom. The van der Waals surface area contributed by atoms with Crippen LogP contribution in [0.2, 0.25) is 0 Å². The van der Waals surface area contributed by atoms with Gasteiger partial charge >= 0.3 is 5.97 Å². The maximum atomic E-state index is 12.2. The third-order valence-corrected chi connectivity index (χ3v) is 3.61. The van der Waals surface area contributed by atoms with Crippen molar-refractivity contribution in [1.82, 2.24) is 0 Å². The summed E-state index contributed by atoms with van der Waals surface area (Å²) in [5, 5.41) is 0. The minimum atomic E-state index is -0.551. The first-order valence-electron chi connectivity index (χ1n) is 8.18. The highest BCUT2D eigenvalue weighted by molar-refractivity contribution is 5.74. The van der Waals surface area contributed by atoms with Gasteiger partial charge < -0.3 is 9.47 Å². The SMILES string of the molecule is CCCC(OC(c1ccccc1)c1ccccc1)C(=O)OCC. The molecule has 0 heterocycles. The van der Waals surface area contributed by atoms with E-state index in [1.807, 2.05) is 74.5 Å². The van der Waals surface area contributed by atoms with Gasteiger partial charge in [-0.3, -0.25) is 0 Å². The van der Waals surface area contributed by atoms with Gasteiger partial charge in [-0.2, -0.15) is 0 Å². The van der Waals surface area contributed by atoms with Crippen molar-refractivity contribution in [1.29, 1.82) is 0 Å². The van der Waals surface area contributed by atoms with Crippen LogP contribution < -0.4 is 0 Å². The zero-order valence-electron chi connectivity index (χ0n) is 13.8. The van der Waals surface area contributed by atoms with Crippen molar-refractivity contribution in [3.05, 3.63) is 71.8 Å². The summed E-state index contributed by atoms with van der Waals surface area (Å²) in [5.41, 5.74) is 2.06. The predicted molar refractivity (Wildman–Crippen MR) is 91.1 cm³/mol. The molecule has 0 bridgehead atoms. The second kappa shape index (κ2) is 9.11. The van der Waals surface area contributed by atoms with E-state index in [1.54, 1.807) is 0 Å². The van der Waals surface area contributed by atoms with E-state index in [2.05, 4.69) is 0 Å². The fourth-order valence-corrected chi connectivity index (χ4v) is 2.51. The Balaban J connectivity index is 2.28. The smallest absolute Gasteiger partial charge is 0.335 e. The molecule has 122 valence electrons. The van der Waals surface area contributed by atoms with Crippen molar-refractivity contribution >= 4 is 5.97 Å². The molecular weight excluding hydrogens is 288 g/mol. The first-order chi connectivity index (χ1) is 11.3. The van der Waals surface area contributed by atoms with Crippen LogP contribution in [0.5, 0.6) is 0 Å². The Bertz CT molecular complexity index is 541. The van der Waals surface area contributed by atoms with Gasteiger partial charge in [-0.05, 0) is 24.5 Å². The van der Waals surface area contributed by atoms with Gasteiger partial charge in [0.15, 0.2) is 6.10 Å². The van der Waals surface area contributed by atoms with Crippen molar-refractivity contribution in [3.63, 3.8) is 0 Å². The fourth-order valence-electron chi connectivity index (χ4n) is 2.51. The Morgan fingerprint density at radius 2 is 1.43 bits per heavy atom. The summed E-state index contributed by atoms with van der Waals surface area (Å²) in [7, 11) is 0. The minimum absolute atomic E-state index is 0.279. The van der Waals surface area contributed by atoms with Crippen molar-refractivity contribution in [2.75, 3.05) is 6.61 Å². The predicted octanol–water partition coefficient (Wildman–Crippen LogP) is 4.52. The molecule has 2 rings (SSSR count). The van der Waals surface area contributed by atoms with Gasteiger partial charge in [-0.25, -0.2) is 4.79 Å². The number of esters is 1. The van der Waals surface area contributed by atoms with E-state index in [0.29, 0.717) is 13.0 Å².